The normalized spacial score (nSPS) is 28.4. The third kappa shape index (κ3) is 4.40. The lowest BCUT2D eigenvalue weighted by atomic mass is 9.92. The molecule has 6 nitrogen and oxygen atoms in total. The molecule has 138 valence electrons. The summed E-state index contributed by atoms with van der Waals surface area (Å²) in [5, 5.41) is 12.6. The number of amides is 1. The summed E-state index contributed by atoms with van der Waals surface area (Å²) in [6.07, 6.45) is 4.13. The summed E-state index contributed by atoms with van der Waals surface area (Å²) in [4.78, 5) is 12.8. The van der Waals surface area contributed by atoms with Gasteiger partial charge < -0.3 is 10.4 Å². The van der Waals surface area contributed by atoms with Crippen molar-refractivity contribution in [2.24, 2.45) is 5.92 Å². The SMILES string of the molecule is O=C(NC1CCC(O)CC1)[C@H]1CCCN(S(=O)(=O)c2ccccc2)C1. The molecule has 2 N–H and O–H groups in total. The Bertz CT molecular complexity index is 684. The van der Waals surface area contributed by atoms with E-state index in [9.17, 15) is 18.3 Å². The van der Waals surface area contributed by atoms with Crippen LogP contribution in [0.1, 0.15) is 38.5 Å². The van der Waals surface area contributed by atoms with Gasteiger partial charge in [0, 0.05) is 19.1 Å². The number of hydrogen-bond donors (Lipinski definition) is 2. The summed E-state index contributed by atoms with van der Waals surface area (Å²) < 4.78 is 26.9. The maximum atomic E-state index is 12.7. The molecule has 1 atom stereocenters. The molecule has 3 rings (SSSR count). The second-order valence-electron chi connectivity index (χ2n) is 7.03. The molecule has 1 amide bonds. The van der Waals surface area contributed by atoms with Crippen molar-refractivity contribution in [1.82, 2.24) is 9.62 Å². The Morgan fingerprint density at radius 2 is 1.76 bits per heavy atom. The molecule has 0 spiro atoms. The zero-order valence-electron chi connectivity index (χ0n) is 14.3. The number of carbonyl (C=O) groups is 1. The van der Waals surface area contributed by atoms with Gasteiger partial charge in [0.25, 0.3) is 0 Å². The van der Waals surface area contributed by atoms with Crippen LogP contribution in [0.2, 0.25) is 0 Å². The van der Waals surface area contributed by atoms with Gasteiger partial charge in [0.15, 0.2) is 0 Å². The van der Waals surface area contributed by atoms with Crippen molar-refractivity contribution in [2.45, 2.75) is 55.6 Å². The van der Waals surface area contributed by atoms with E-state index in [1.54, 1.807) is 30.3 Å². The maximum absolute atomic E-state index is 12.7. The molecular formula is C18H26N2O4S. The number of benzene rings is 1. The van der Waals surface area contributed by atoms with Crippen molar-refractivity contribution in [3.8, 4) is 0 Å². The molecule has 1 heterocycles. The van der Waals surface area contributed by atoms with Crippen LogP contribution >= 0.6 is 0 Å². The van der Waals surface area contributed by atoms with Crippen molar-refractivity contribution >= 4 is 15.9 Å². The van der Waals surface area contributed by atoms with E-state index in [0.717, 1.165) is 12.8 Å². The van der Waals surface area contributed by atoms with Crippen LogP contribution in [0.25, 0.3) is 0 Å². The summed E-state index contributed by atoms with van der Waals surface area (Å²) in [5.74, 6) is -0.367. The zero-order valence-corrected chi connectivity index (χ0v) is 15.1. The van der Waals surface area contributed by atoms with Gasteiger partial charge in [-0.05, 0) is 50.7 Å². The number of nitrogens with zero attached hydrogens (tertiary/aromatic N) is 1. The van der Waals surface area contributed by atoms with E-state index >= 15 is 0 Å². The highest BCUT2D eigenvalue weighted by atomic mass is 32.2. The highest BCUT2D eigenvalue weighted by Crippen LogP contribution is 2.25. The second kappa shape index (κ2) is 7.85. The molecule has 1 aliphatic carbocycles. The summed E-state index contributed by atoms with van der Waals surface area (Å²) in [6.45, 7) is 0.690. The van der Waals surface area contributed by atoms with E-state index in [0.29, 0.717) is 32.2 Å². The number of nitrogens with one attached hydrogen (secondary N) is 1. The number of aliphatic hydroxyl groups is 1. The van der Waals surface area contributed by atoms with Gasteiger partial charge in [-0.25, -0.2) is 8.42 Å². The largest absolute Gasteiger partial charge is 0.393 e. The van der Waals surface area contributed by atoms with E-state index in [1.807, 2.05) is 0 Å². The molecule has 1 aliphatic heterocycles. The molecule has 1 saturated heterocycles. The Hall–Kier alpha value is -1.44. The fourth-order valence-corrected chi connectivity index (χ4v) is 5.20. The van der Waals surface area contributed by atoms with Gasteiger partial charge in [0.2, 0.25) is 15.9 Å². The molecule has 7 heteroatoms. The number of carbonyl (C=O) groups excluding carboxylic acids is 1. The van der Waals surface area contributed by atoms with Crippen LogP contribution in [0.15, 0.2) is 35.2 Å². The molecule has 2 aliphatic rings. The van der Waals surface area contributed by atoms with E-state index in [2.05, 4.69) is 5.32 Å². The fraction of sp³-hybridized carbons (Fsp3) is 0.611. The Morgan fingerprint density at radius 1 is 1.08 bits per heavy atom. The molecule has 0 aromatic heterocycles. The first-order chi connectivity index (χ1) is 12.0. The Balaban J connectivity index is 1.62. The zero-order chi connectivity index (χ0) is 17.9. The van der Waals surface area contributed by atoms with Gasteiger partial charge in [-0.15, -0.1) is 0 Å². The maximum Gasteiger partial charge on any atom is 0.243 e. The molecule has 2 fully saturated rings. The van der Waals surface area contributed by atoms with Crippen LogP contribution in [0, 0.1) is 5.92 Å². The van der Waals surface area contributed by atoms with Crippen LogP contribution in [0.5, 0.6) is 0 Å². The van der Waals surface area contributed by atoms with Crippen LogP contribution in [0.3, 0.4) is 0 Å². The van der Waals surface area contributed by atoms with Crippen LogP contribution in [-0.4, -0.2) is 49.0 Å². The average molecular weight is 366 g/mol. The molecule has 0 radical (unpaired) electrons. The molecule has 1 aromatic carbocycles. The molecule has 0 unspecified atom stereocenters. The second-order valence-corrected chi connectivity index (χ2v) is 8.97. The number of rotatable bonds is 4. The van der Waals surface area contributed by atoms with Gasteiger partial charge in [-0.2, -0.15) is 4.31 Å². The lowest BCUT2D eigenvalue weighted by Crippen LogP contribution is -2.48. The van der Waals surface area contributed by atoms with Gasteiger partial charge in [-0.1, -0.05) is 18.2 Å². The standard InChI is InChI=1S/C18H26N2O4S/c21-16-10-8-15(9-11-16)19-18(22)14-5-4-12-20(13-14)25(23,24)17-6-2-1-3-7-17/h1-3,6-7,14-16,21H,4-5,8-13H2,(H,19,22)/t14-,15?,16?/m0/s1. The minimum atomic E-state index is -3.55. The first-order valence-corrected chi connectivity index (χ1v) is 10.4. The molecular weight excluding hydrogens is 340 g/mol. The topological polar surface area (TPSA) is 86.7 Å². The first-order valence-electron chi connectivity index (χ1n) is 9.00. The quantitative estimate of drug-likeness (QED) is 0.846. The Morgan fingerprint density at radius 3 is 2.44 bits per heavy atom. The number of hydrogen-bond acceptors (Lipinski definition) is 4. The first kappa shape index (κ1) is 18.4. The minimum Gasteiger partial charge on any atom is -0.393 e. The summed E-state index contributed by atoms with van der Waals surface area (Å²) >= 11 is 0. The van der Waals surface area contributed by atoms with Crippen LogP contribution in [0.4, 0.5) is 0 Å². The van der Waals surface area contributed by atoms with Gasteiger partial charge >= 0.3 is 0 Å². The lowest BCUT2D eigenvalue weighted by Gasteiger charge is -2.33. The van der Waals surface area contributed by atoms with Gasteiger partial charge in [0.1, 0.15) is 0 Å². The lowest BCUT2D eigenvalue weighted by molar-refractivity contribution is -0.127. The molecule has 1 saturated carbocycles. The third-order valence-corrected chi connectivity index (χ3v) is 7.06. The van der Waals surface area contributed by atoms with Crippen molar-refractivity contribution in [3.63, 3.8) is 0 Å². The van der Waals surface area contributed by atoms with Gasteiger partial charge in [0.05, 0.1) is 16.9 Å². The number of aliphatic hydroxyl groups excluding tert-OH is 1. The fourth-order valence-electron chi connectivity index (χ4n) is 3.66. The molecule has 0 bridgehead atoms. The summed E-state index contributed by atoms with van der Waals surface area (Å²) in [6, 6.07) is 8.47. The van der Waals surface area contributed by atoms with E-state index in [4.69, 9.17) is 0 Å². The van der Waals surface area contributed by atoms with Crippen LogP contribution < -0.4 is 5.32 Å². The Labute approximate surface area is 149 Å². The number of sulfonamides is 1. The predicted octanol–water partition coefficient (Wildman–Crippen LogP) is 1.51. The van der Waals surface area contributed by atoms with Gasteiger partial charge in [-0.3, -0.25) is 4.79 Å². The van der Waals surface area contributed by atoms with Crippen molar-refractivity contribution in [3.05, 3.63) is 30.3 Å². The highest BCUT2D eigenvalue weighted by Gasteiger charge is 2.34. The Kier molecular flexibility index (Phi) is 5.76. The van der Waals surface area contributed by atoms with Crippen molar-refractivity contribution < 1.29 is 18.3 Å². The smallest absolute Gasteiger partial charge is 0.243 e. The summed E-state index contributed by atoms with van der Waals surface area (Å²) in [7, 11) is -3.55. The van der Waals surface area contributed by atoms with Crippen molar-refractivity contribution in [2.75, 3.05) is 13.1 Å². The minimum absolute atomic E-state index is 0.0608. The van der Waals surface area contributed by atoms with E-state index in [-0.39, 0.29) is 35.4 Å². The van der Waals surface area contributed by atoms with E-state index < -0.39 is 10.0 Å². The van der Waals surface area contributed by atoms with Crippen LogP contribution in [-0.2, 0) is 14.8 Å². The van der Waals surface area contributed by atoms with Crippen molar-refractivity contribution in [1.29, 1.82) is 0 Å². The average Bonchev–Trinajstić information content (AvgIpc) is 2.64. The summed E-state index contributed by atoms with van der Waals surface area (Å²) in [5.41, 5.74) is 0. The highest BCUT2D eigenvalue weighted by molar-refractivity contribution is 7.89. The molecule has 25 heavy (non-hydrogen) atoms. The monoisotopic (exact) mass is 366 g/mol. The number of piperidine rings is 1. The molecule has 1 aromatic rings. The third-order valence-electron chi connectivity index (χ3n) is 5.18. The van der Waals surface area contributed by atoms with E-state index in [1.165, 1.54) is 4.31 Å². The predicted molar refractivity (Wildman–Crippen MR) is 94.3 cm³/mol.